The number of nitrogens with zero attached hydrogens (tertiary/aromatic N) is 1. The molecule has 3 N–H and O–H groups in total. The van der Waals surface area contributed by atoms with E-state index < -0.39 is 11.6 Å². The molecule has 2 aliphatic rings. The molecule has 0 spiro atoms. The third kappa shape index (κ3) is 3.67. The van der Waals surface area contributed by atoms with Crippen LogP contribution in [0, 0.1) is 11.6 Å². The second-order valence-electron chi connectivity index (χ2n) is 7.63. The summed E-state index contributed by atoms with van der Waals surface area (Å²) in [4.78, 5) is 15.5. The number of halogens is 2. The van der Waals surface area contributed by atoms with Crippen molar-refractivity contribution in [2.24, 2.45) is 4.99 Å². The number of hydrogen-bond acceptors (Lipinski definition) is 5. The topological polar surface area (TPSA) is 65.5 Å². The van der Waals surface area contributed by atoms with Crippen LogP contribution in [0.25, 0.3) is 5.70 Å². The standard InChI is InChI=1S/C25H20F2N4O/c26-20-6-3-7-21(27)22(20)24-19-5-2-1-4-18(19)23-16(12-28-24)13-29-25(31-23)30-17-10-8-15(14-32)9-11-17/h1-11,14,25,29-31H,12-13H2. The van der Waals surface area contributed by atoms with E-state index in [4.69, 9.17) is 0 Å². The van der Waals surface area contributed by atoms with Crippen molar-refractivity contribution in [3.05, 3.63) is 106 Å². The lowest BCUT2D eigenvalue weighted by Crippen LogP contribution is -2.52. The fourth-order valence-electron chi connectivity index (χ4n) is 4.03. The summed E-state index contributed by atoms with van der Waals surface area (Å²) in [6.45, 7) is 0.866. The summed E-state index contributed by atoms with van der Waals surface area (Å²) in [7, 11) is 0. The molecule has 0 fully saturated rings. The maximum Gasteiger partial charge on any atom is 0.153 e. The normalized spacial score (nSPS) is 17.4. The Morgan fingerprint density at radius 1 is 0.938 bits per heavy atom. The number of rotatable bonds is 4. The Hall–Kier alpha value is -3.84. The molecular formula is C25H20F2N4O. The first-order valence-corrected chi connectivity index (χ1v) is 10.3. The van der Waals surface area contributed by atoms with Crippen LogP contribution in [0.3, 0.4) is 0 Å². The Balaban J connectivity index is 1.48. The number of carbonyl (C=O) groups is 1. The third-order valence-corrected chi connectivity index (χ3v) is 5.60. The third-order valence-electron chi connectivity index (χ3n) is 5.60. The zero-order chi connectivity index (χ0) is 22.1. The average molecular weight is 430 g/mol. The number of benzene rings is 3. The number of aldehydes is 1. The van der Waals surface area contributed by atoms with E-state index in [1.54, 1.807) is 12.1 Å². The molecule has 5 rings (SSSR count). The highest BCUT2D eigenvalue weighted by Crippen LogP contribution is 2.30. The molecule has 5 nitrogen and oxygen atoms in total. The molecule has 2 heterocycles. The van der Waals surface area contributed by atoms with Crippen molar-refractivity contribution in [2.45, 2.75) is 6.29 Å². The van der Waals surface area contributed by atoms with Crippen molar-refractivity contribution in [2.75, 3.05) is 18.4 Å². The summed E-state index contributed by atoms with van der Waals surface area (Å²) in [5.74, 6) is -1.27. The van der Waals surface area contributed by atoms with Crippen LogP contribution in [0.15, 0.2) is 77.3 Å². The highest BCUT2D eigenvalue weighted by atomic mass is 19.1. The van der Waals surface area contributed by atoms with Gasteiger partial charge in [0.05, 0.1) is 17.8 Å². The Bertz CT molecular complexity index is 1230. The van der Waals surface area contributed by atoms with E-state index in [9.17, 15) is 13.6 Å². The molecular weight excluding hydrogens is 410 g/mol. The smallest absolute Gasteiger partial charge is 0.153 e. The minimum absolute atomic E-state index is 0.113. The molecule has 0 bridgehead atoms. The van der Waals surface area contributed by atoms with Crippen molar-refractivity contribution < 1.29 is 13.6 Å². The van der Waals surface area contributed by atoms with Crippen molar-refractivity contribution in [3.8, 4) is 0 Å². The molecule has 3 aromatic rings. The first kappa shape index (κ1) is 20.1. The van der Waals surface area contributed by atoms with Crippen molar-refractivity contribution >= 4 is 23.4 Å². The van der Waals surface area contributed by atoms with Gasteiger partial charge in [-0.15, -0.1) is 0 Å². The average Bonchev–Trinajstić information content (AvgIpc) is 2.97. The Morgan fingerprint density at radius 2 is 1.66 bits per heavy atom. The van der Waals surface area contributed by atoms with Gasteiger partial charge >= 0.3 is 0 Å². The van der Waals surface area contributed by atoms with E-state index in [-0.39, 0.29) is 11.9 Å². The van der Waals surface area contributed by atoms with Gasteiger partial charge < -0.3 is 10.6 Å². The molecule has 0 amide bonds. The van der Waals surface area contributed by atoms with Gasteiger partial charge in [0, 0.05) is 34.6 Å². The molecule has 0 saturated heterocycles. The van der Waals surface area contributed by atoms with Gasteiger partial charge in [-0.1, -0.05) is 30.3 Å². The highest BCUT2D eigenvalue weighted by Gasteiger charge is 2.28. The summed E-state index contributed by atoms with van der Waals surface area (Å²) in [5, 5.41) is 10.2. The predicted molar refractivity (Wildman–Crippen MR) is 121 cm³/mol. The Labute approximate surface area is 183 Å². The number of fused-ring (bicyclic) bond motifs is 2. The van der Waals surface area contributed by atoms with Crippen LogP contribution in [-0.2, 0) is 0 Å². The van der Waals surface area contributed by atoms with Crippen LogP contribution < -0.4 is 16.0 Å². The van der Waals surface area contributed by atoms with Crippen LogP contribution in [0.4, 0.5) is 14.5 Å². The van der Waals surface area contributed by atoms with Gasteiger partial charge in [-0.3, -0.25) is 15.1 Å². The fraction of sp³-hybridized carbons (Fsp3) is 0.120. The van der Waals surface area contributed by atoms with Gasteiger partial charge in [0.2, 0.25) is 0 Å². The minimum Gasteiger partial charge on any atom is -0.353 e. The SMILES string of the molecule is O=Cc1ccc(NC2NCC3=C(N2)c2ccccc2C(c2c(F)cccc2F)=NC3)cc1. The molecule has 160 valence electrons. The molecule has 7 heteroatoms. The lowest BCUT2D eigenvalue weighted by atomic mass is 9.94. The Morgan fingerprint density at radius 3 is 2.38 bits per heavy atom. The zero-order valence-electron chi connectivity index (χ0n) is 17.0. The van der Waals surface area contributed by atoms with Crippen LogP contribution in [0.1, 0.15) is 27.0 Å². The van der Waals surface area contributed by atoms with Crippen LogP contribution >= 0.6 is 0 Å². The van der Waals surface area contributed by atoms with Crippen molar-refractivity contribution in [1.82, 2.24) is 10.6 Å². The minimum atomic E-state index is -0.636. The maximum atomic E-state index is 14.6. The van der Waals surface area contributed by atoms with Gasteiger partial charge in [-0.05, 0) is 42.0 Å². The van der Waals surface area contributed by atoms with Gasteiger partial charge in [0.1, 0.15) is 17.9 Å². The van der Waals surface area contributed by atoms with Crippen LogP contribution in [0.5, 0.6) is 0 Å². The largest absolute Gasteiger partial charge is 0.353 e. The highest BCUT2D eigenvalue weighted by molar-refractivity contribution is 6.16. The summed E-state index contributed by atoms with van der Waals surface area (Å²) in [6, 6.07) is 18.5. The van der Waals surface area contributed by atoms with Crippen molar-refractivity contribution in [1.29, 1.82) is 0 Å². The zero-order valence-corrected chi connectivity index (χ0v) is 17.0. The molecule has 0 aliphatic carbocycles. The van der Waals surface area contributed by atoms with E-state index >= 15 is 0 Å². The van der Waals surface area contributed by atoms with Gasteiger partial charge in [-0.2, -0.15) is 0 Å². The lowest BCUT2D eigenvalue weighted by Gasteiger charge is -2.31. The van der Waals surface area contributed by atoms with Crippen LogP contribution in [0.2, 0.25) is 0 Å². The maximum absolute atomic E-state index is 14.6. The van der Waals surface area contributed by atoms with E-state index in [0.717, 1.165) is 28.8 Å². The summed E-state index contributed by atoms with van der Waals surface area (Å²) < 4.78 is 29.2. The summed E-state index contributed by atoms with van der Waals surface area (Å²) in [5.41, 5.74) is 5.04. The first-order valence-electron chi connectivity index (χ1n) is 10.3. The van der Waals surface area contributed by atoms with Crippen LogP contribution in [-0.4, -0.2) is 31.4 Å². The van der Waals surface area contributed by atoms with Gasteiger partial charge in [0.15, 0.2) is 6.29 Å². The number of hydrogen-bond donors (Lipinski definition) is 3. The molecule has 32 heavy (non-hydrogen) atoms. The predicted octanol–water partition coefficient (Wildman–Crippen LogP) is 3.93. The summed E-state index contributed by atoms with van der Waals surface area (Å²) >= 11 is 0. The number of anilines is 1. The summed E-state index contributed by atoms with van der Waals surface area (Å²) in [6.07, 6.45) is 0.520. The van der Waals surface area contributed by atoms with E-state index in [0.29, 0.717) is 29.9 Å². The van der Waals surface area contributed by atoms with E-state index in [2.05, 4.69) is 20.9 Å². The van der Waals surface area contributed by atoms with E-state index in [1.165, 1.54) is 18.2 Å². The quantitative estimate of drug-likeness (QED) is 0.549. The Kier molecular flexibility index (Phi) is 5.25. The lowest BCUT2D eigenvalue weighted by molar-refractivity contribution is 0.112. The van der Waals surface area contributed by atoms with Gasteiger partial charge in [-0.25, -0.2) is 8.78 Å². The van der Waals surface area contributed by atoms with Crippen molar-refractivity contribution in [3.63, 3.8) is 0 Å². The molecule has 0 radical (unpaired) electrons. The molecule has 2 aliphatic heterocycles. The molecule has 3 aromatic carbocycles. The first-order chi connectivity index (χ1) is 15.6. The fourth-order valence-corrected chi connectivity index (χ4v) is 4.03. The monoisotopic (exact) mass is 430 g/mol. The molecule has 0 saturated carbocycles. The molecule has 1 atom stereocenters. The molecule has 0 aromatic heterocycles. The number of carbonyl (C=O) groups excluding carboxylic acids is 1. The van der Waals surface area contributed by atoms with Gasteiger partial charge in [0.25, 0.3) is 0 Å². The second-order valence-corrected chi connectivity index (χ2v) is 7.63. The number of nitrogens with one attached hydrogen (secondary N) is 3. The van der Waals surface area contributed by atoms with E-state index in [1.807, 2.05) is 36.4 Å². The number of aliphatic imine (C=N–C) groups is 1. The second kappa shape index (κ2) is 8.36. The molecule has 1 unspecified atom stereocenters.